The van der Waals surface area contributed by atoms with Gasteiger partial charge in [-0.05, 0) is 0 Å². The van der Waals surface area contributed by atoms with Gasteiger partial charge in [-0.15, -0.1) is 0 Å². The molecule has 5 nitrogen and oxygen atoms in total. The van der Waals surface area contributed by atoms with Crippen molar-refractivity contribution in [1.82, 2.24) is 0 Å². The van der Waals surface area contributed by atoms with E-state index in [1.165, 1.54) is 7.11 Å². The summed E-state index contributed by atoms with van der Waals surface area (Å²) in [6.45, 7) is -0.0376. The van der Waals surface area contributed by atoms with E-state index in [0.717, 1.165) is 11.0 Å². The average Bonchev–Trinajstić information content (AvgIpc) is 2.75. The van der Waals surface area contributed by atoms with Crippen LogP contribution in [-0.2, 0) is 14.3 Å². The SMILES string of the molecule is COC(=O)C1CC(=O)N(c2cc(F)c(F)cc2O)C1. The standard InChI is InChI=1S/C12H11F2NO4/c1-19-12(18)6-2-11(17)15(5-6)9-3-7(13)8(14)4-10(9)16/h3-4,6,16H,2,5H2,1H3. The zero-order valence-electron chi connectivity index (χ0n) is 10.0. The number of benzene rings is 1. The van der Waals surface area contributed by atoms with Crippen molar-refractivity contribution in [1.29, 1.82) is 0 Å². The Hall–Kier alpha value is -2.18. The Morgan fingerprint density at radius 3 is 2.68 bits per heavy atom. The predicted molar refractivity (Wildman–Crippen MR) is 60.5 cm³/mol. The molecule has 19 heavy (non-hydrogen) atoms. The summed E-state index contributed by atoms with van der Waals surface area (Å²) < 4.78 is 30.6. The van der Waals surface area contributed by atoms with Gasteiger partial charge in [-0.3, -0.25) is 9.59 Å². The number of methoxy groups -OCH3 is 1. The van der Waals surface area contributed by atoms with Gasteiger partial charge in [0.05, 0.1) is 18.7 Å². The number of nitrogens with zero attached hydrogens (tertiary/aromatic N) is 1. The van der Waals surface area contributed by atoms with Crippen molar-refractivity contribution < 1.29 is 28.2 Å². The molecule has 1 amide bonds. The number of aromatic hydroxyl groups is 1. The first-order valence-corrected chi connectivity index (χ1v) is 5.50. The molecule has 1 unspecified atom stereocenters. The molecule has 0 spiro atoms. The maximum absolute atomic E-state index is 13.1. The molecule has 1 aromatic carbocycles. The molecule has 1 saturated heterocycles. The summed E-state index contributed by atoms with van der Waals surface area (Å²) in [5, 5.41) is 9.56. The number of phenolic OH excluding ortho intramolecular Hbond substituents is 1. The van der Waals surface area contributed by atoms with Crippen LogP contribution in [-0.4, -0.2) is 30.6 Å². The van der Waals surface area contributed by atoms with Crippen molar-refractivity contribution in [2.45, 2.75) is 6.42 Å². The number of esters is 1. The van der Waals surface area contributed by atoms with Crippen molar-refractivity contribution in [2.75, 3.05) is 18.6 Å². The highest BCUT2D eigenvalue weighted by molar-refractivity contribution is 6.00. The Bertz CT molecular complexity index is 547. The van der Waals surface area contributed by atoms with Crippen LogP contribution < -0.4 is 4.90 Å². The first-order valence-electron chi connectivity index (χ1n) is 5.50. The number of rotatable bonds is 2. The molecule has 102 valence electrons. The molecule has 2 rings (SSSR count). The predicted octanol–water partition coefficient (Wildman–Crippen LogP) is 1.20. The van der Waals surface area contributed by atoms with Crippen molar-refractivity contribution >= 4 is 17.6 Å². The summed E-state index contributed by atoms with van der Waals surface area (Å²) in [6, 6.07) is 1.31. The summed E-state index contributed by atoms with van der Waals surface area (Å²) in [6.07, 6.45) is -0.0922. The number of carbonyl (C=O) groups is 2. The third kappa shape index (κ3) is 2.35. The highest BCUT2D eigenvalue weighted by Gasteiger charge is 2.37. The fourth-order valence-electron chi connectivity index (χ4n) is 2.01. The molecule has 7 heteroatoms. The third-order valence-corrected chi connectivity index (χ3v) is 2.97. The van der Waals surface area contributed by atoms with Gasteiger partial charge in [0.15, 0.2) is 11.6 Å². The fraction of sp³-hybridized carbons (Fsp3) is 0.333. The van der Waals surface area contributed by atoms with Crippen LogP contribution in [0.25, 0.3) is 0 Å². The highest BCUT2D eigenvalue weighted by Crippen LogP contribution is 2.34. The van der Waals surface area contributed by atoms with E-state index in [2.05, 4.69) is 4.74 Å². The maximum Gasteiger partial charge on any atom is 0.311 e. The van der Waals surface area contributed by atoms with E-state index >= 15 is 0 Å². The molecule has 0 saturated carbocycles. The molecule has 0 aromatic heterocycles. The largest absolute Gasteiger partial charge is 0.506 e. The first kappa shape index (κ1) is 13.3. The number of hydrogen-bond donors (Lipinski definition) is 1. The zero-order chi connectivity index (χ0) is 14.2. The van der Waals surface area contributed by atoms with E-state index in [9.17, 15) is 23.5 Å². The summed E-state index contributed by atoms with van der Waals surface area (Å²) in [5.74, 6) is -4.64. The Labute approximate surface area is 107 Å². The highest BCUT2D eigenvalue weighted by atomic mass is 19.2. The van der Waals surface area contributed by atoms with Crippen LogP contribution in [0.1, 0.15) is 6.42 Å². The lowest BCUT2D eigenvalue weighted by atomic mass is 10.1. The lowest BCUT2D eigenvalue weighted by Crippen LogP contribution is -2.26. The van der Waals surface area contributed by atoms with E-state index in [-0.39, 0.29) is 18.7 Å². The van der Waals surface area contributed by atoms with Gasteiger partial charge in [0, 0.05) is 25.1 Å². The van der Waals surface area contributed by atoms with Gasteiger partial charge in [-0.25, -0.2) is 8.78 Å². The van der Waals surface area contributed by atoms with E-state index in [1.54, 1.807) is 0 Å². The Morgan fingerprint density at radius 2 is 2.05 bits per heavy atom. The van der Waals surface area contributed by atoms with Crippen molar-refractivity contribution in [3.8, 4) is 5.75 Å². The van der Waals surface area contributed by atoms with E-state index in [0.29, 0.717) is 6.07 Å². The fourth-order valence-corrected chi connectivity index (χ4v) is 2.01. The molecule has 1 aliphatic rings. The third-order valence-electron chi connectivity index (χ3n) is 2.97. The second-order valence-corrected chi connectivity index (χ2v) is 4.18. The Morgan fingerprint density at radius 1 is 1.42 bits per heavy atom. The molecule has 1 N–H and O–H groups in total. The normalized spacial score (nSPS) is 18.8. The molecule has 1 aliphatic heterocycles. The van der Waals surface area contributed by atoms with Crippen molar-refractivity contribution in [3.63, 3.8) is 0 Å². The number of anilines is 1. The molecule has 0 radical (unpaired) electrons. The van der Waals surface area contributed by atoms with Crippen LogP contribution in [0.2, 0.25) is 0 Å². The maximum atomic E-state index is 13.1. The van der Waals surface area contributed by atoms with Crippen molar-refractivity contribution in [3.05, 3.63) is 23.8 Å². The summed E-state index contributed by atoms with van der Waals surface area (Å²) >= 11 is 0. The smallest absolute Gasteiger partial charge is 0.311 e. The van der Waals surface area contributed by atoms with E-state index in [1.807, 2.05) is 0 Å². The number of ether oxygens (including phenoxy) is 1. The topological polar surface area (TPSA) is 66.8 Å². The average molecular weight is 271 g/mol. The van der Waals surface area contributed by atoms with E-state index in [4.69, 9.17) is 0 Å². The lowest BCUT2D eigenvalue weighted by Gasteiger charge is -2.17. The number of amides is 1. The van der Waals surface area contributed by atoms with Crippen LogP contribution in [0.4, 0.5) is 14.5 Å². The summed E-state index contributed by atoms with van der Waals surface area (Å²) in [4.78, 5) is 24.1. The van der Waals surface area contributed by atoms with Gasteiger partial charge in [-0.2, -0.15) is 0 Å². The minimum atomic E-state index is -1.21. The Kier molecular flexibility index (Phi) is 3.37. The number of phenols is 1. The quantitative estimate of drug-likeness (QED) is 0.821. The molecule has 1 fully saturated rings. The van der Waals surface area contributed by atoms with Crippen LogP contribution in [0, 0.1) is 17.6 Å². The van der Waals surface area contributed by atoms with Crippen molar-refractivity contribution in [2.24, 2.45) is 5.92 Å². The van der Waals surface area contributed by atoms with Crippen LogP contribution in [0.5, 0.6) is 5.75 Å². The molecule has 1 aromatic rings. The van der Waals surface area contributed by atoms with Crippen LogP contribution >= 0.6 is 0 Å². The molecule has 1 atom stereocenters. The second-order valence-electron chi connectivity index (χ2n) is 4.18. The molecule has 0 aliphatic carbocycles. The van der Waals surface area contributed by atoms with E-state index < -0.39 is 35.2 Å². The lowest BCUT2D eigenvalue weighted by molar-refractivity contribution is -0.145. The van der Waals surface area contributed by atoms with Gasteiger partial charge >= 0.3 is 5.97 Å². The number of halogens is 2. The van der Waals surface area contributed by atoms with Gasteiger partial charge in [0.2, 0.25) is 5.91 Å². The van der Waals surface area contributed by atoms with Gasteiger partial charge in [-0.1, -0.05) is 0 Å². The first-order chi connectivity index (χ1) is 8.93. The summed E-state index contributed by atoms with van der Waals surface area (Å²) in [7, 11) is 1.20. The minimum Gasteiger partial charge on any atom is -0.506 e. The molecule has 0 bridgehead atoms. The molecular formula is C12H11F2NO4. The minimum absolute atomic E-state index is 0.0376. The van der Waals surface area contributed by atoms with Gasteiger partial charge < -0.3 is 14.7 Å². The van der Waals surface area contributed by atoms with Crippen LogP contribution in [0.15, 0.2) is 12.1 Å². The molecular weight excluding hydrogens is 260 g/mol. The van der Waals surface area contributed by atoms with Gasteiger partial charge in [0.25, 0.3) is 0 Å². The van der Waals surface area contributed by atoms with Crippen LogP contribution in [0.3, 0.4) is 0 Å². The zero-order valence-corrected chi connectivity index (χ0v) is 10.0. The monoisotopic (exact) mass is 271 g/mol. The number of hydrogen-bond acceptors (Lipinski definition) is 4. The summed E-state index contributed by atoms with van der Waals surface area (Å²) in [5.41, 5.74) is -0.157. The number of carbonyl (C=O) groups excluding carboxylic acids is 2. The Balaban J connectivity index is 2.30. The molecule has 1 heterocycles. The van der Waals surface area contributed by atoms with Gasteiger partial charge in [0.1, 0.15) is 5.75 Å². The second kappa shape index (κ2) is 4.83.